The van der Waals surface area contributed by atoms with Crippen molar-refractivity contribution in [3.8, 4) is 0 Å². The zero-order valence-electron chi connectivity index (χ0n) is 12.0. The first-order chi connectivity index (χ1) is 8.69. The highest BCUT2D eigenvalue weighted by Crippen LogP contribution is 2.37. The third kappa shape index (κ3) is 2.42. The van der Waals surface area contributed by atoms with Gasteiger partial charge in [0.2, 0.25) is 0 Å². The molecule has 0 saturated carbocycles. The Bertz CT molecular complexity index is 486. The van der Waals surface area contributed by atoms with E-state index in [2.05, 4.69) is 0 Å². The summed E-state index contributed by atoms with van der Waals surface area (Å²) >= 11 is 5.83. The van der Waals surface area contributed by atoms with Crippen molar-refractivity contribution in [3.05, 3.63) is 28.5 Å². The van der Waals surface area contributed by atoms with Crippen LogP contribution in [0.4, 0.5) is 4.39 Å². The van der Waals surface area contributed by atoms with Gasteiger partial charge in [-0.25, -0.2) is 4.39 Å². The molecule has 0 N–H and O–H groups in total. The number of hydrogen-bond acceptors (Lipinski definition) is 2. The van der Waals surface area contributed by atoms with Crippen LogP contribution in [0.25, 0.3) is 0 Å². The maximum atomic E-state index is 14.1. The average molecular weight is 285 g/mol. The third-order valence-electron chi connectivity index (χ3n) is 4.09. The van der Waals surface area contributed by atoms with E-state index in [-0.39, 0.29) is 10.8 Å². The molecule has 1 aromatic carbocycles. The quantitative estimate of drug-likeness (QED) is 0.776. The lowest BCUT2D eigenvalue weighted by molar-refractivity contribution is 0.00578. The molecule has 0 aromatic heterocycles. The summed E-state index contributed by atoms with van der Waals surface area (Å²) in [5.41, 5.74) is 0.423. The van der Waals surface area contributed by atoms with Crippen LogP contribution in [0.5, 0.6) is 0 Å². The Morgan fingerprint density at radius 3 is 2.16 bits per heavy atom. The van der Waals surface area contributed by atoms with Crippen LogP contribution in [0, 0.1) is 5.82 Å². The Labute approximate surface area is 119 Å². The van der Waals surface area contributed by atoms with Crippen LogP contribution >= 0.6 is 11.6 Å². The van der Waals surface area contributed by atoms with Gasteiger partial charge in [-0.15, -0.1) is 0 Å². The smallest absolute Gasteiger partial charge is 0.399 e. The zero-order valence-corrected chi connectivity index (χ0v) is 12.8. The van der Waals surface area contributed by atoms with E-state index in [4.69, 9.17) is 20.9 Å². The molecule has 0 unspecified atom stereocenters. The lowest BCUT2D eigenvalue weighted by atomic mass is 9.75. The van der Waals surface area contributed by atoms with Crippen LogP contribution in [0.15, 0.2) is 12.1 Å². The fraction of sp³-hybridized carbons (Fsp3) is 0.571. The Morgan fingerprint density at radius 1 is 1.16 bits per heavy atom. The molecule has 1 saturated heterocycles. The molecule has 0 bridgehead atoms. The Hall–Kier alpha value is -0.575. The summed E-state index contributed by atoms with van der Waals surface area (Å²) in [7, 11) is -0.549. The summed E-state index contributed by atoms with van der Waals surface area (Å²) in [6.45, 7) is 9.80. The van der Waals surface area contributed by atoms with Gasteiger partial charge in [-0.3, -0.25) is 0 Å². The van der Waals surface area contributed by atoms with E-state index in [9.17, 15) is 4.39 Å². The molecule has 0 radical (unpaired) electrons. The molecule has 0 amide bonds. The second kappa shape index (κ2) is 4.76. The van der Waals surface area contributed by atoms with Crippen molar-refractivity contribution < 1.29 is 13.7 Å². The number of hydrogen-bond donors (Lipinski definition) is 0. The summed E-state index contributed by atoms with van der Waals surface area (Å²) in [5, 5.41) is 0.136. The van der Waals surface area contributed by atoms with Crippen molar-refractivity contribution in [2.45, 2.75) is 52.2 Å². The molecule has 1 aromatic rings. The fourth-order valence-corrected chi connectivity index (χ4v) is 2.33. The van der Waals surface area contributed by atoms with E-state index in [1.54, 1.807) is 12.1 Å². The second-order valence-electron chi connectivity index (χ2n) is 5.87. The predicted octanol–water partition coefficient (Wildman–Crippen LogP) is 3.34. The topological polar surface area (TPSA) is 18.5 Å². The minimum atomic E-state index is -0.549. The minimum Gasteiger partial charge on any atom is -0.399 e. The van der Waals surface area contributed by atoms with Gasteiger partial charge in [-0.1, -0.05) is 24.6 Å². The van der Waals surface area contributed by atoms with Crippen molar-refractivity contribution in [1.29, 1.82) is 0 Å². The summed E-state index contributed by atoms with van der Waals surface area (Å²) in [6, 6.07) is 3.34. The molecule has 0 aliphatic carbocycles. The van der Waals surface area contributed by atoms with Gasteiger partial charge in [-0.2, -0.15) is 0 Å². The van der Waals surface area contributed by atoms with Crippen LogP contribution in [0.3, 0.4) is 0 Å². The van der Waals surface area contributed by atoms with Gasteiger partial charge in [0.05, 0.1) is 16.2 Å². The minimum absolute atomic E-state index is 0.136. The van der Waals surface area contributed by atoms with Crippen molar-refractivity contribution >= 4 is 24.2 Å². The highest BCUT2D eigenvalue weighted by molar-refractivity contribution is 6.62. The van der Waals surface area contributed by atoms with Gasteiger partial charge in [0, 0.05) is 0 Å². The highest BCUT2D eigenvalue weighted by atomic mass is 35.5. The number of benzene rings is 1. The molecule has 1 heterocycles. The molecule has 1 aliphatic rings. The molecule has 1 fully saturated rings. The number of halogens is 2. The Kier molecular flexibility index (Phi) is 3.71. The van der Waals surface area contributed by atoms with Gasteiger partial charge < -0.3 is 9.31 Å². The molecule has 1 aliphatic heterocycles. The highest BCUT2D eigenvalue weighted by Gasteiger charge is 2.52. The zero-order chi connectivity index (χ0) is 14.4. The standard InChI is InChI=1S/C14H19BClFO2/c1-6-9-10(7-8-11(16)12(9)17)15-18-13(2,3)14(4,5)19-15/h7-8H,6H2,1-5H3. The SMILES string of the molecule is CCc1c(B2OC(C)(C)C(C)(C)O2)ccc(Cl)c1F. The molecular weight excluding hydrogens is 265 g/mol. The van der Waals surface area contributed by atoms with E-state index < -0.39 is 18.3 Å². The summed E-state index contributed by atoms with van der Waals surface area (Å²) < 4.78 is 26.0. The molecule has 104 valence electrons. The normalized spacial score (nSPS) is 20.9. The predicted molar refractivity (Wildman–Crippen MR) is 76.5 cm³/mol. The summed E-state index contributed by atoms with van der Waals surface area (Å²) in [6.07, 6.45) is 0.547. The number of rotatable bonds is 2. The first-order valence-corrected chi connectivity index (χ1v) is 6.90. The van der Waals surface area contributed by atoms with Crippen molar-refractivity contribution in [2.24, 2.45) is 0 Å². The first-order valence-electron chi connectivity index (χ1n) is 6.52. The Balaban J connectivity index is 2.43. The largest absolute Gasteiger partial charge is 0.495 e. The maximum Gasteiger partial charge on any atom is 0.495 e. The van der Waals surface area contributed by atoms with Crippen LogP contribution < -0.4 is 5.46 Å². The fourth-order valence-electron chi connectivity index (χ4n) is 2.16. The van der Waals surface area contributed by atoms with Gasteiger partial charge in [-0.05, 0) is 51.2 Å². The monoisotopic (exact) mass is 284 g/mol. The van der Waals surface area contributed by atoms with Crippen LogP contribution in [-0.2, 0) is 15.7 Å². The van der Waals surface area contributed by atoms with E-state index in [0.717, 1.165) is 5.46 Å². The van der Waals surface area contributed by atoms with Gasteiger partial charge in [0.1, 0.15) is 5.82 Å². The van der Waals surface area contributed by atoms with E-state index in [1.165, 1.54) is 0 Å². The van der Waals surface area contributed by atoms with Crippen molar-refractivity contribution in [2.75, 3.05) is 0 Å². The van der Waals surface area contributed by atoms with E-state index >= 15 is 0 Å². The second-order valence-corrected chi connectivity index (χ2v) is 6.28. The molecule has 2 rings (SSSR count). The van der Waals surface area contributed by atoms with Crippen LogP contribution in [0.1, 0.15) is 40.2 Å². The average Bonchev–Trinajstić information content (AvgIpc) is 2.51. The van der Waals surface area contributed by atoms with Crippen molar-refractivity contribution in [1.82, 2.24) is 0 Å². The van der Waals surface area contributed by atoms with Gasteiger partial charge >= 0.3 is 7.12 Å². The molecule has 19 heavy (non-hydrogen) atoms. The molecular formula is C14H19BClFO2. The van der Waals surface area contributed by atoms with Gasteiger partial charge in [0.25, 0.3) is 0 Å². The first kappa shape index (κ1) is 14.8. The maximum absolute atomic E-state index is 14.1. The molecule has 0 spiro atoms. The van der Waals surface area contributed by atoms with E-state index in [1.807, 2.05) is 34.6 Å². The van der Waals surface area contributed by atoms with E-state index in [0.29, 0.717) is 12.0 Å². The van der Waals surface area contributed by atoms with Crippen molar-refractivity contribution in [3.63, 3.8) is 0 Å². The van der Waals surface area contributed by atoms with Gasteiger partial charge in [0.15, 0.2) is 0 Å². The lowest BCUT2D eigenvalue weighted by Gasteiger charge is -2.32. The lowest BCUT2D eigenvalue weighted by Crippen LogP contribution is -2.41. The summed E-state index contributed by atoms with van der Waals surface area (Å²) in [5.74, 6) is -0.378. The third-order valence-corrected chi connectivity index (χ3v) is 4.38. The van der Waals surface area contributed by atoms with Crippen LogP contribution in [-0.4, -0.2) is 18.3 Å². The molecule has 0 atom stereocenters. The molecule has 2 nitrogen and oxygen atoms in total. The van der Waals surface area contributed by atoms with Crippen LogP contribution in [0.2, 0.25) is 5.02 Å². The Morgan fingerprint density at radius 2 is 1.68 bits per heavy atom. The summed E-state index contributed by atoms with van der Waals surface area (Å²) in [4.78, 5) is 0. The molecule has 5 heteroatoms.